The van der Waals surface area contributed by atoms with Crippen LogP contribution in [0.3, 0.4) is 0 Å². The number of fused-ring (bicyclic) bond motifs is 1. The average Bonchev–Trinajstić information content (AvgIpc) is 3.01. The first-order valence-electron chi connectivity index (χ1n) is 14.8. The molecule has 3 aromatic carbocycles. The van der Waals surface area contributed by atoms with Crippen molar-refractivity contribution in [3.8, 4) is 5.75 Å². The quantitative estimate of drug-likeness (QED) is 0.264. The fraction of sp³-hybridized carbons (Fsp3) is 0.364. The predicted molar refractivity (Wildman–Crippen MR) is 166 cm³/mol. The molecule has 2 heterocycles. The van der Waals surface area contributed by atoms with Gasteiger partial charge >= 0.3 is 12.1 Å². The number of anilines is 1. The molecule has 0 atom stereocenters. The lowest BCUT2D eigenvalue weighted by molar-refractivity contribution is -0.155. The maximum atomic E-state index is 13.5. The minimum atomic E-state index is -3.79. The number of rotatable bonds is 8. The molecule has 3 aromatic rings. The minimum absolute atomic E-state index is 0.0542. The topological polar surface area (TPSA) is 132 Å². The lowest BCUT2D eigenvalue weighted by Gasteiger charge is -2.32. The van der Waals surface area contributed by atoms with Crippen molar-refractivity contribution >= 4 is 33.7 Å². The van der Waals surface area contributed by atoms with Crippen LogP contribution >= 0.6 is 0 Å². The van der Waals surface area contributed by atoms with Gasteiger partial charge in [-0.25, -0.2) is 13.2 Å². The van der Waals surface area contributed by atoms with E-state index in [1.165, 1.54) is 27.4 Å². The Hall–Kier alpha value is -4.42. The fourth-order valence-electron chi connectivity index (χ4n) is 5.33. The first-order valence-corrected chi connectivity index (χ1v) is 16.2. The number of hydrogen-bond acceptors (Lipinski definition) is 9. The molecule has 0 aromatic heterocycles. The Morgan fingerprint density at radius 1 is 0.956 bits per heavy atom. The van der Waals surface area contributed by atoms with Gasteiger partial charge < -0.3 is 24.4 Å². The van der Waals surface area contributed by atoms with Crippen molar-refractivity contribution in [1.29, 1.82) is 0 Å². The first kappa shape index (κ1) is 32.0. The number of nitrogens with one attached hydrogen (secondary N) is 1. The zero-order valence-electron chi connectivity index (χ0n) is 25.5. The lowest BCUT2D eigenvalue weighted by Crippen LogP contribution is -2.44. The number of ether oxygens (including phenoxy) is 3. The molecular formula is C33H37N3O8S. The monoisotopic (exact) mass is 635 g/mol. The molecule has 238 valence electrons. The van der Waals surface area contributed by atoms with Crippen molar-refractivity contribution < 1.29 is 37.0 Å². The molecule has 0 saturated carbocycles. The summed E-state index contributed by atoms with van der Waals surface area (Å²) in [4.78, 5) is 38.7. The second-order valence-corrected chi connectivity index (χ2v) is 13.9. The Kier molecular flexibility index (Phi) is 9.45. The SMILES string of the molecule is CC(C)(C)OC(=O)CN1CNc2cc(S(=O)(=O)N3CCC(c4ccc(OC(=O)OCc5ccccc5)cc4)CC3)ccc2C1=O. The highest BCUT2D eigenvalue weighted by Gasteiger charge is 2.33. The van der Waals surface area contributed by atoms with Crippen molar-refractivity contribution in [2.75, 3.05) is 31.6 Å². The summed E-state index contributed by atoms with van der Waals surface area (Å²) in [5, 5.41) is 3.06. The van der Waals surface area contributed by atoms with Crippen molar-refractivity contribution in [3.63, 3.8) is 0 Å². The summed E-state index contributed by atoms with van der Waals surface area (Å²) in [7, 11) is -3.79. The van der Waals surface area contributed by atoms with E-state index >= 15 is 0 Å². The molecule has 2 aliphatic rings. The molecule has 12 heteroatoms. The van der Waals surface area contributed by atoms with Crippen molar-refractivity contribution in [2.24, 2.45) is 0 Å². The number of esters is 1. The van der Waals surface area contributed by atoms with E-state index in [2.05, 4.69) is 5.32 Å². The highest BCUT2D eigenvalue weighted by molar-refractivity contribution is 7.89. The molecule has 45 heavy (non-hydrogen) atoms. The van der Waals surface area contributed by atoms with Crippen LogP contribution in [0.1, 0.15) is 61.0 Å². The molecule has 5 rings (SSSR count). The van der Waals surface area contributed by atoms with Crippen LogP contribution in [0, 0.1) is 0 Å². The molecule has 1 fully saturated rings. The summed E-state index contributed by atoms with van der Waals surface area (Å²) in [6.07, 6.45) is 0.463. The predicted octanol–water partition coefficient (Wildman–Crippen LogP) is 5.14. The minimum Gasteiger partial charge on any atom is -0.459 e. The zero-order chi connectivity index (χ0) is 32.2. The molecule has 0 spiro atoms. The highest BCUT2D eigenvalue weighted by Crippen LogP contribution is 2.33. The van der Waals surface area contributed by atoms with Crippen LogP contribution in [0.25, 0.3) is 0 Å². The lowest BCUT2D eigenvalue weighted by atomic mass is 9.90. The summed E-state index contributed by atoms with van der Waals surface area (Å²) in [6.45, 7) is 5.90. The van der Waals surface area contributed by atoms with E-state index in [0.717, 1.165) is 11.1 Å². The Bertz CT molecular complexity index is 1650. The maximum Gasteiger partial charge on any atom is 0.514 e. The van der Waals surface area contributed by atoms with Crippen LogP contribution in [0.15, 0.2) is 77.7 Å². The number of carbonyl (C=O) groups excluding carboxylic acids is 3. The van der Waals surface area contributed by atoms with E-state index < -0.39 is 27.7 Å². The van der Waals surface area contributed by atoms with E-state index in [-0.39, 0.29) is 36.5 Å². The van der Waals surface area contributed by atoms with Crippen LogP contribution in [0.5, 0.6) is 5.75 Å². The molecule has 11 nitrogen and oxygen atoms in total. The van der Waals surface area contributed by atoms with Crippen LogP contribution in [0.2, 0.25) is 0 Å². The summed E-state index contributed by atoms with van der Waals surface area (Å²) < 4.78 is 44.2. The second kappa shape index (κ2) is 13.3. The molecular weight excluding hydrogens is 598 g/mol. The van der Waals surface area contributed by atoms with Gasteiger partial charge in [0.1, 0.15) is 24.5 Å². The first-order chi connectivity index (χ1) is 21.4. The molecule has 0 aliphatic carbocycles. The zero-order valence-corrected chi connectivity index (χ0v) is 26.3. The van der Waals surface area contributed by atoms with E-state index in [9.17, 15) is 22.8 Å². The number of carbonyl (C=O) groups is 3. The Morgan fingerprint density at radius 3 is 2.31 bits per heavy atom. The number of piperidine rings is 1. The van der Waals surface area contributed by atoms with Gasteiger partial charge in [0.05, 0.1) is 17.1 Å². The summed E-state index contributed by atoms with van der Waals surface area (Å²) >= 11 is 0. The fourth-order valence-corrected chi connectivity index (χ4v) is 6.82. The summed E-state index contributed by atoms with van der Waals surface area (Å²) in [6, 6.07) is 20.9. The Labute approximate surface area is 263 Å². The van der Waals surface area contributed by atoms with E-state index in [0.29, 0.717) is 42.9 Å². The smallest absolute Gasteiger partial charge is 0.459 e. The van der Waals surface area contributed by atoms with Crippen molar-refractivity contribution in [1.82, 2.24) is 9.21 Å². The van der Waals surface area contributed by atoms with Gasteiger partial charge in [-0.2, -0.15) is 4.31 Å². The Balaban J connectivity index is 1.14. The normalized spacial score (nSPS) is 16.0. The molecule has 1 N–H and O–H groups in total. The van der Waals surface area contributed by atoms with E-state index in [1.54, 1.807) is 32.9 Å². The van der Waals surface area contributed by atoms with E-state index in [1.807, 2.05) is 42.5 Å². The third-order valence-electron chi connectivity index (χ3n) is 7.55. The molecule has 0 radical (unpaired) electrons. The van der Waals surface area contributed by atoms with Gasteiger partial charge in [-0.15, -0.1) is 0 Å². The van der Waals surface area contributed by atoms with Gasteiger partial charge in [-0.3, -0.25) is 9.59 Å². The van der Waals surface area contributed by atoms with Gasteiger partial charge in [0.2, 0.25) is 10.0 Å². The van der Waals surface area contributed by atoms with Crippen LogP contribution in [-0.4, -0.2) is 67.6 Å². The highest BCUT2D eigenvalue weighted by atomic mass is 32.2. The third-order valence-corrected chi connectivity index (χ3v) is 9.45. The molecule has 1 saturated heterocycles. The van der Waals surface area contributed by atoms with Gasteiger partial charge in [0, 0.05) is 18.8 Å². The average molecular weight is 636 g/mol. The number of hydrogen-bond donors (Lipinski definition) is 1. The van der Waals surface area contributed by atoms with Crippen LogP contribution < -0.4 is 10.1 Å². The van der Waals surface area contributed by atoms with Crippen LogP contribution in [-0.2, 0) is 30.9 Å². The Morgan fingerprint density at radius 2 is 1.64 bits per heavy atom. The van der Waals surface area contributed by atoms with Crippen molar-refractivity contribution in [3.05, 3.63) is 89.5 Å². The number of nitrogens with zero attached hydrogens (tertiary/aromatic N) is 2. The molecule has 1 amide bonds. The van der Waals surface area contributed by atoms with E-state index in [4.69, 9.17) is 14.2 Å². The molecule has 0 bridgehead atoms. The van der Waals surface area contributed by atoms with Gasteiger partial charge in [-0.1, -0.05) is 42.5 Å². The van der Waals surface area contributed by atoms with Gasteiger partial charge in [-0.05, 0) is 81.0 Å². The molecule has 2 aliphatic heterocycles. The number of sulfonamides is 1. The van der Waals surface area contributed by atoms with Crippen LogP contribution in [0.4, 0.5) is 10.5 Å². The number of benzene rings is 3. The summed E-state index contributed by atoms with van der Waals surface area (Å²) in [5.74, 6) is -0.384. The standard InChI is InChI=1S/C33H37N3O8S/c1-33(2,3)44-30(37)20-35-22-34-29-19-27(13-14-28(29)31(35)38)45(40,41)36-17-15-25(16-18-36)24-9-11-26(12-10-24)43-32(39)42-21-23-7-5-4-6-8-23/h4-14,19,25,34H,15-18,20-22H2,1-3H3. The molecule has 0 unspecified atom stereocenters. The summed E-state index contributed by atoms with van der Waals surface area (Å²) in [5.41, 5.74) is 1.92. The third kappa shape index (κ3) is 8.00. The van der Waals surface area contributed by atoms with Gasteiger partial charge in [0.25, 0.3) is 5.91 Å². The van der Waals surface area contributed by atoms with Gasteiger partial charge in [0.15, 0.2) is 0 Å². The maximum absolute atomic E-state index is 13.5. The largest absolute Gasteiger partial charge is 0.514 e. The van der Waals surface area contributed by atoms with Crippen molar-refractivity contribution in [2.45, 2.75) is 56.6 Å². The number of amides is 1. The second-order valence-electron chi connectivity index (χ2n) is 12.0.